The average molecular weight is 345 g/mol. The number of benzene rings is 3. The van der Waals surface area contributed by atoms with Crippen LogP contribution in [0, 0.1) is 0 Å². The van der Waals surface area contributed by atoms with E-state index in [0.717, 1.165) is 17.5 Å². The first-order chi connectivity index (χ1) is 12.8. The summed E-state index contributed by atoms with van der Waals surface area (Å²) in [7, 11) is 0. The van der Waals surface area contributed by atoms with Crippen molar-refractivity contribution in [1.82, 2.24) is 0 Å². The van der Waals surface area contributed by atoms with Crippen molar-refractivity contribution in [2.24, 2.45) is 0 Å². The number of rotatable bonds is 3. The number of carbonyl (C=O) groups excluding carboxylic acids is 1. The van der Waals surface area contributed by atoms with Gasteiger partial charge in [0, 0.05) is 23.7 Å². The third-order valence-electron chi connectivity index (χ3n) is 4.26. The number of nitrogens with one attached hydrogen (secondary N) is 1. The minimum absolute atomic E-state index is 0.154. The van der Waals surface area contributed by atoms with Crippen LogP contribution in [0.2, 0.25) is 0 Å². The minimum Gasteiger partial charge on any atom is -0.490 e. The highest BCUT2D eigenvalue weighted by Gasteiger charge is 2.12. The Morgan fingerprint density at radius 1 is 0.769 bits per heavy atom. The van der Waals surface area contributed by atoms with Crippen LogP contribution in [0.4, 0.5) is 5.69 Å². The molecule has 3 aromatic carbocycles. The van der Waals surface area contributed by atoms with Gasteiger partial charge in [-0.1, -0.05) is 42.5 Å². The number of amides is 1. The lowest BCUT2D eigenvalue weighted by Gasteiger charge is -2.11. The third kappa shape index (κ3) is 3.54. The van der Waals surface area contributed by atoms with Crippen LogP contribution in [0.3, 0.4) is 0 Å². The molecule has 0 aromatic heterocycles. The molecule has 130 valence electrons. The molecule has 1 amide bonds. The molecule has 0 radical (unpaired) electrons. The number of carbonyl (C=O) groups is 1. The van der Waals surface area contributed by atoms with Gasteiger partial charge >= 0.3 is 0 Å². The van der Waals surface area contributed by atoms with Crippen molar-refractivity contribution in [2.75, 3.05) is 18.5 Å². The fourth-order valence-corrected chi connectivity index (χ4v) is 2.89. The van der Waals surface area contributed by atoms with Gasteiger partial charge in [0.15, 0.2) is 11.5 Å². The summed E-state index contributed by atoms with van der Waals surface area (Å²) in [5, 5.41) is 2.91. The predicted octanol–water partition coefficient (Wildman–Crippen LogP) is 4.77. The van der Waals surface area contributed by atoms with Crippen molar-refractivity contribution < 1.29 is 14.3 Å². The maximum atomic E-state index is 12.5. The molecule has 1 aliphatic heterocycles. The zero-order valence-corrected chi connectivity index (χ0v) is 14.3. The summed E-state index contributed by atoms with van der Waals surface area (Å²) in [6.45, 7) is 1.26. The van der Waals surface area contributed by atoms with E-state index in [9.17, 15) is 4.79 Å². The van der Waals surface area contributed by atoms with Crippen molar-refractivity contribution in [3.63, 3.8) is 0 Å². The molecule has 0 spiro atoms. The summed E-state index contributed by atoms with van der Waals surface area (Å²) < 4.78 is 11.3. The van der Waals surface area contributed by atoms with Crippen molar-refractivity contribution >= 4 is 11.6 Å². The zero-order chi connectivity index (χ0) is 17.8. The SMILES string of the molecule is O=C(Nc1ccc2c(c1)OCCCO2)c1ccc(-c2ccccc2)cc1. The van der Waals surface area contributed by atoms with E-state index in [2.05, 4.69) is 5.32 Å². The van der Waals surface area contributed by atoms with E-state index < -0.39 is 0 Å². The van der Waals surface area contributed by atoms with E-state index in [-0.39, 0.29) is 5.91 Å². The first-order valence-electron chi connectivity index (χ1n) is 8.66. The second-order valence-corrected chi connectivity index (χ2v) is 6.11. The van der Waals surface area contributed by atoms with Gasteiger partial charge in [-0.3, -0.25) is 4.79 Å². The first-order valence-corrected chi connectivity index (χ1v) is 8.66. The van der Waals surface area contributed by atoms with Crippen LogP contribution in [-0.2, 0) is 0 Å². The Kier molecular flexibility index (Phi) is 4.56. The fraction of sp³-hybridized carbons (Fsp3) is 0.136. The van der Waals surface area contributed by atoms with Crippen molar-refractivity contribution in [2.45, 2.75) is 6.42 Å². The molecule has 4 nitrogen and oxygen atoms in total. The van der Waals surface area contributed by atoms with Crippen LogP contribution in [0.15, 0.2) is 72.8 Å². The highest BCUT2D eigenvalue weighted by molar-refractivity contribution is 6.04. The molecular formula is C22H19NO3. The quantitative estimate of drug-likeness (QED) is 0.744. The van der Waals surface area contributed by atoms with E-state index >= 15 is 0 Å². The van der Waals surface area contributed by atoms with E-state index in [1.54, 1.807) is 6.07 Å². The average Bonchev–Trinajstić information content (AvgIpc) is 2.94. The van der Waals surface area contributed by atoms with Gasteiger partial charge < -0.3 is 14.8 Å². The van der Waals surface area contributed by atoms with Crippen LogP contribution in [0.25, 0.3) is 11.1 Å². The molecule has 0 atom stereocenters. The normalized spacial score (nSPS) is 12.9. The molecule has 1 heterocycles. The maximum absolute atomic E-state index is 12.5. The standard InChI is InChI=1S/C22H19NO3/c24-22(18-9-7-17(8-10-18)16-5-2-1-3-6-16)23-19-11-12-20-21(15-19)26-14-4-13-25-20/h1-3,5-12,15H,4,13-14H2,(H,23,24). The molecule has 4 heteroatoms. The largest absolute Gasteiger partial charge is 0.490 e. The van der Waals surface area contributed by atoms with Crippen LogP contribution in [-0.4, -0.2) is 19.1 Å². The summed E-state index contributed by atoms with van der Waals surface area (Å²) in [6.07, 6.45) is 0.851. The van der Waals surface area contributed by atoms with Crippen molar-refractivity contribution in [1.29, 1.82) is 0 Å². The van der Waals surface area contributed by atoms with Gasteiger partial charge in [0.05, 0.1) is 13.2 Å². The van der Waals surface area contributed by atoms with E-state index in [0.29, 0.717) is 36.0 Å². The molecular weight excluding hydrogens is 326 g/mol. The Morgan fingerprint density at radius 2 is 1.46 bits per heavy atom. The minimum atomic E-state index is -0.154. The second-order valence-electron chi connectivity index (χ2n) is 6.11. The highest BCUT2D eigenvalue weighted by atomic mass is 16.5. The van der Waals surface area contributed by atoms with Crippen molar-refractivity contribution in [3.05, 3.63) is 78.4 Å². The second kappa shape index (κ2) is 7.31. The van der Waals surface area contributed by atoms with Crippen molar-refractivity contribution in [3.8, 4) is 22.6 Å². The smallest absolute Gasteiger partial charge is 0.255 e. The van der Waals surface area contributed by atoms with Gasteiger partial charge in [-0.05, 0) is 35.4 Å². The highest BCUT2D eigenvalue weighted by Crippen LogP contribution is 2.32. The lowest BCUT2D eigenvalue weighted by Crippen LogP contribution is -2.11. The fourth-order valence-electron chi connectivity index (χ4n) is 2.89. The summed E-state index contributed by atoms with van der Waals surface area (Å²) >= 11 is 0. The Balaban J connectivity index is 1.49. The van der Waals surface area contributed by atoms with E-state index in [4.69, 9.17) is 9.47 Å². The molecule has 0 unspecified atom stereocenters. The van der Waals surface area contributed by atoms with Gasteiger partial charge in [0.1, 0.15) is 0 Å². The van der Waals surface area contributed by atoms with Gasteiger partial charge in [0.2, 0.25) is 0 Å². The van der Waals surface area contributed by atoms with Gasteiger partial charge in [-0.25, -0.2) is 0 Å². The Bertz CT molecular complexity index is 904. The molecule has 1 aliphatic rings. The maximum Gasteiger partial charge on any atom is 0.255 e. The molecule has 0 saturated carbocycles. The van der Waals surface area contributed by atoms with Crippen LogP contribution >= 0.6 is 0 Å². The predicted molar refractivity (Wildman–Crippen MR) is 102 cm³/mol. The molecule has 0 fully saturated rings. The molecule has 0 aliphatic carbocycles. The van der Waals surface area contributed by atoms with Gasteiger partial charge in [0.25, 0.3) is 5.91 Å². The summed E-state index contributed by atoms with van der Waals surface area (Å²) in [6, 6.07) is 23.1. The molecule has 1 N–H and O–H groups in total. The lowest BCUT2D eigenvalue weighted by atomic mass is 10.0. The monoisotopic (exact) mass is 345 g/mol. The zero-order valence-electron chi connectivity index (χ0n) is 14.3. The molecule has 4 rings (SSSR count). The summed E-state index contributed by atoms with van der Waals surface area (Å²) in [4.78, 5) is 12.5. The molecule has 26 heavy (non-hydrogen) atoms. The number of anilines is 1. The molecule has 0 bridgehead atoms. The Morgan fingerprint density at radius 3 is 2.23 bits per heavy atom. The first kappa shape index (κ1) is 16.2. The van der Waals surface area contributed by atoms with E-state index in [1.165, 1.54) is 0 Å². The summed E-state index contributed by atoms with van der Waals surface area (Å²) in [5.74, 6) is 1.23. The number of hydrogen-bond acceptors (Lipinski definition) is 3. The third-order valence-corrected chi connectivity index (χ3v) is 4.26. The topological polar surface area (TPSA) is 47.6 Å². The van der Waals surface area contributed by atoms with Crippen LogP contribution in [0.1, 0.15) is 16.8 Å². The Labute approximate surface area is 152 Å². The van der Waals surface area contributed by atoms with Gasteiger partial charge in [-0.15, -0.1) is 0 Å². The summed E-state index contributed by atoms with van der Waals surface area (Å²) in [5.41, 5.74) is 3.50. The molecule has 0 saturated heterocycles. The van der Waals surface area contributed by atoms with E-state index in [1.807, 2.05) is 66.7 Å². The number of hydrogen-bond donors (Lipinski definition) is 1. The number of ether oxygens (including phenoxy) is 2. The van der Waals surface area contributed by atoms with Crippen LogP contribution in [0.5, 0.6) is 11.5 Å². The molecule has 3 aromatic rings. The van der Waals surface area contributed by atoms with Gasteiger partial charge in [-0.2, -0.15) is 0 Å². The Hall–Kier alpha value is -3.27. The van der Waals surface area contributed by atoms with Crippen LogP contribution < -0.4 is 14.8 Å². The number of fused-ring (bicyclic) bond motifs is 1. The lowest BCUT2D eigenvalue weighted by molar-refractivity contribution is 0.102.